The van der Waals surface area contributed by atoms with Crippen molar-refractivity contribution in [1.29, 1.82) is 0 Å². The lowest BCUT2D eigenvalue weighted by Crippen LogP contribution is -2.26. The molecule has 5 aromatic rings. The van der Waals surface area contributed by atoms with E-state index < -0.39 is 0 Å². The Bertz CT molecular complexity index is 1490. The first-order chi connectivity index (χ1) is 18.2. The van der Waals surface area contributed by atoms with E-state index in [-0.39, 0.29) is 5.69 Å². The molecule has 1 N–H and O–H groups in total. The van der Waals surface area contributed by atoms with Crippen LogP contribution in [0.2, 0.25) is 0 Å². The highest BCUT2D eigenvalue weighted by Gasteiger charge is 2.16. The summed E-state index contributed by atoms with van der Waals surface area (Å²) in [7, 11) is 0. The molecule has 4 aromatic heterocycles. The summed E-state index contributed by atoms with van der Waals surface area (Å²) in [4.78, 5) is 18.3. The average Bonchev–Trinajstić information content (AvgIpc) is 3.69. The predicted molar refractivity (Wildman–Crippen MR) is 141 cm³/mol. The lowest BCUT2D eigenvalue weighted by atomic mass is 10.0. The first-order valence-corrected chi connectivity index (χ1v) is 12.8. The minimum atomic E-state index is -0.0587. The lowest BCUT2D eigenvalue weighted by Gasteiger charge is -2.09. The SMILES string of the molecule is CCCCc1cn(-c2ccnn2CCCC)c(=O)n1Cc1ccc(-c2ccccc2-c2nnn[nH]2)nc1. The number of hydrogen-bond donors (Lipinski definition) is 1. The van der Waals surface area contributed by atoms with Crippen LogP contribution in [0.15, 0.2) is 65.8 Å². The molecule has 0 aliphatic heterocycles. The van der Waals surface area contributed by atoms with Crippen molar-refractivity contribution in [3.63, 3.8) is 0 Å². The Morgan fingerprint density at radius 1 is 0.973 bits per heavy atom. The highest BCUT2D eigenvalue weighted by atomic mass is 16.1. The molecule has 0 atom stereocenters. The Morgan fingerprint density at radius 3 is 2.54 bits per heavy atom. The molecule has 10 heteroatoms. The number of unbranched alkanes of at least 4 members (excludes halogenated alkanes) is 2. The molecule has 37 heavy (non-hydrogen) atoms. The minimum absolute atomic E-state index is 0.0587. The number of aryl methyl sites for hydroxylation is 2. The molecule has 5 rings (SSSR count). The number of imidazole rings is 1. The first kappa shape index (κ1) is 24.4. The molecular weight excluding hydrogens is 466 g/mol. The fourth-order valence-electron chi connectivity index (χ4n) is 4.47. The Kier molecular flexibility index (Phi) is 7.34. The Morgan fingerprint density at radius 2 is 1.81 bits per heavy atom. The van der Waals surface area contributed by atoms with Crippen molar-refractivity contribution in [2.24, 2.45) is 0 Å². The standard InChI is InChI=1S/C27H31N9O/c1-3-5-9-21-19-35(25-14-15-29-36(25)16-6-4-2)27(37)34(21)18-20-12-13-24(28-17-20)22-10-7-8-11-23(22)26-30-32-33-31-26/h7-8,10-15,17,19H,3-6,9,16,18H2,1-2H3,(H,30,31,32,33). The molecule has 0 fully saturated rings. The first-order valence-electron chi connectivity index (χ1n) is 12.8. The molecule has 0 aliphatic carbocycles. The molecular formula is C27H31N9O. The van der Waals surface area contributed by atoms with Gasteiger partial charge in [0.1, 0.15) is 5.82 Å². The number of hydrogen-bond acceptors (Lipinski definition) is 6. The van der Waals surface area contributed by atoms with E-state index in [9.17, 15) is 4.79 Å². The normalized spacial score (nSPS) is 11.3. The van der Waals surface area contributed by atoms with E-state index in [1.54, 1.807) is 10.8 Å². The number of aromatic amines is 1. The average molecular weight is 498 g/mol. The van der Waals surface area contributed by atoms with E-state index in [2.05, 4.69) is 39.6 Å². The van der Waals surface area contributed by atoms with Crippen molar-refractivity contribution in [1.82, 2.24) is 44.5 Å². The van der Waals surface area contributed by atoms with Crippen molar-refractivity contribution in [3.8, 4) is 28.5 Å². The molecule has 0 amide bonds. The van der Waals surface area contributed by atoms with Crippen LogP contribution in [0.4, 0.5) is 0 Å². The summed E-state index contributed by atoms with van der Waals surface area (Å²) in [6, 6.07) is 13.8. The summed E-state index contributed by atoms with van der Waals surface area (Å²) in [5.74, 6) is 1.40. The van der Waals surface area contributed by atoms with Crippen molar-refractivity contribution in [2.45, 2.75) is 59.0 Å². The van der Waals surface area contributed by atoms with Crippen molar-refractivity contribution in [3.05, 3.63) is 82.8 Å². The van der Waals surface area contributed by atoms with E-state index in [4.69, 9.17) is 4.98 Å². The van der Waals surface area contributed by atoms with Gasteiger partial charge in [0.2, 0.25) is 0 Å². The summed E-state index contributed by atoms with van der Waals surface area (Å²) < 4.78 is 5.51. The van der Waals surface area contributed by atoms with Crippen molar-refractivity contribution < 1.29 is 0 Å². The van der Waals surface area contributed by atoms with Gasteiger partial charge in [-0.15, -0.1) is 5.10 Å². The van der Waals surface area contributed by atoms with Crippen LogP contribution in [0, 0.1) is 0 Å². The van der Waals surface area contributed by atoms with Crippen LogP contribution >= 0.6 is 0 Å². The van der Waals surface area contributed by atoms with Crippen molar-refractivity contribution in [2.75, 3.05) is 0 Å². The highest BCUT2D eigenvalue weighted by molar-refractivity contribution is 5.78. The number of nitrogens with one attached hydrogen (secondary N) is 1. The summed E-state index contributed by atoms with van der Waals surface area (Å²) in [5, 5.41) is 18.7. The molecule has 0 spiro atoms. The topological polar surface area (TPSA) is 112 Å². The fraction of sp³-hybridized carbons (Fsp3) is 0.333. The molecule has 0 saturated heterocycles. The third-order valence-corrected chi connectivity index (χ3v) is 6.48. The van der Waals surface area contributed by atoms with E-state index >= 15 is 0 Å². The van der Waals surface area contributed by atoms with Crippen molar-refractivity contribution >= 4 is 0 Å². The van der Waals surface area contributed by atoms with Gasteiger partial charge in [-0.1, -0.05) is 57.0 Å². The van der Waals surface area contributed by atoms with Crippen LogP contribution in [0.3, 0.4) is 0 Å². The van der Waals surface area contributed by atoms with Gasteiger partial charge >= 0.3 is 5.69 Å². The summed E-state index contributed by atoms with van der Waals surface area (Å²) in [6.45, 7) is 5.55. The van der Waals surface area contributed by atoms with Crippen LogP contribution in [0.25, 0.3) is 28.5 Å². The van der Waals surface area contributed by atoms with E-state index in [1.165, 1.54) is 0 Å². The zero-order valence-electron chi connectivity index (χ0n) is 21.2. The van der Waals surface area contributed by atoms with Crippen LogP contribution in [-0.4, -0.2) is 44.5 Å². The Labute approximate surface area is 215 Å². The van der Waals surface area contributed by atoms with Gasteiger partial charge < -0.3 is 0 Å². The number of H-pyrrole nitrogens is 1. The number of tetrazole rings is 1. The van der Waals surface area contributed by atoms with Crippen LogP contribution < -0.4 is 5.69 Å². The van der Waals surface area contributed by atoms with Gasteiger partial charge in [-0.05, 0) is 41.3 Å². The van der Waals surface area contributed by atoms with Gasteiger partial charge in [0.05, 0.1) is 18.4 Å². The molecule has 190 valence electrons. The van der Waals surface area contributed by atoms with E-state index in [0.717, 1.165) is 72.5 Å². The number of pyridine rings is 1. The molecule has 10 nitrogen and oxygen atoms in total. The zero-order valence-corrected chi connectivity index (χ0v) is 21.2. The monoisotopic (exact) mass is 497 g/mol. The number of nitrogens with zero attached hydrogens (tertiary/aromatic N) is 8. The van der Waals surface area contributed by atoms with Crippen LogP contribution in [-0.2, 0) is 19.5 Å². The van der Waals surface area contributed by atoms with Gasteiger partial charge in [0.25, 0.3) is 0 Å². The summed E-state index contributed by atoms with van der Waals surface area (Å²) in [5.41, 5.74) is 4.53. The van der Waals surface area contributed by atoms with Gasteiger partial charge in [-0.25, -0.2) is 14.6 Å². The maximum atomic E-state index is 13.6. The maximum absolute atomic E-state index is 13.6. The fourth-order valence-corrected chi connectivity index (χ4v) is 4.47. The summed E-state index contributed by atoms with van der Waals surface area (Å²) >= 11 is 0. The van der Waals surface area contributed by atoms with Gasteiger partial charge in [-0.3, -0.25) is 14.1 Å². The smallest absolute Gasteiger partial charge is 0.292 e. The third kappa shape index (κ3) is 5.13. The molecule has 0 radical (unpaired) electrons. The molecule has 0 bridgehead atoms. The molecule has 0 unspecified atom stereocenters. The Hall–Kier alpha value is -4.34. The van der Waals surface area contributed by atoms with Crippen LogP contribution in [0.1, 0.15) is 50.8 Å². The number of rotatable bonds is 11. The molecule has 1 aromatic carbocycles. The van der Waals surface area contributed by atoms with E-state index in [0.29, 0.717) is 12.4 Å². The van der Waals surface area contributed by atoms with Crippen LogP contribution in [0.5, 0.6) is 0 Å². The van der Waals surface area contributed by atoms with Gasteiger partial charge in [0, 0.05) is 41.8 Å². The number of benzene rings is 1. The van der Waals surface area contributed by atoms with E-state index in [1.807, 2.05) is 64.1 Å². The molecule has 0 saturated carbocycles. The predicted octanol–water partition coefficient (Wildman–Crippen LogP) is 4.27. The summed E-state index contributed by atoms with van der Waals surface area (Å²) in [6.07, 6.45) is 10.6. The minimum Gasteiger partial charge on any atom is -0.292 e. The second kappa shape index (κ2) is 11.2. The highest BCUT2D eigenvalue weighted by Crippen LogP contribution is 2.28. The third-order valence-electron chi connectivity index (χ3n) is 6.48. The maximum Gasteiger partial charge on any atom is 0.334 e. The van der Waals surface area contributed by atoms with Gasteiger partial charge in [0.15, 0.2) is 5.82 Å². The quantitative estimate of drug-likeness (QED) is 0.292. The molecule has 4 heterocycles. The molecule has 0 aliphatic rings. The largest absolute Gasteiger partial charge is 0.334 e. The zero-order chi connectivity index (χ0) is 25.6. The second-order valence-electron chi connectivity index (χ2n) is 9.08. The van der Waals surface area contributed by atoms with Gasteiger partial charge in [-0.2, -0.15) is 5.10 Å². The number of aromatic nitrogens is 9. The Balaban J connectivity index is 1.45. The lowest BCUT2D eigenvalue weighted by molar-refractivity contribution is 0.556. The second-order valence-corrected chi connectivity index (χ2v) is 9.08.